The Kier molecular flexibility index (Phi) is 5.22. The van der Waals surface area contributed by atoms with E-state index in [2.05, 4.69) is 15.7 Å². The van der Waals surface area contributed by atoms with Crippen LogP contribution in [0.1, 0.15) is 16.3 Å². The number of hydrogen-bond acceptors (Lipinski definition) is 3. The van der Waals surface area contributed by atoms with Gasteiger partial charge in [0, 0.05) is 33.6 Å². The lowest BCUT2D eigenvalue weighted by atomic mass is 10.0. The molecule has 0 amide bonds. The number of hydrogen-bond donors (Lipinski definition) is 1. The largest absolute Gasteiger partial charge is 0.316 e. The summed E-state index contributed by atoms with van der Waals surface area (Å²) in [5.74, 6) is 0. The molecule has 0 aliphatic rings. The molecule has 2 aromatic rings. The predicted molar refractivity (Wildman–Crippen MR) is 83.6 cm³/mol. The van der Waals surface area contributed by atoms with Gasteiger partial charge in [-0.25, -0.2) is 4.98 Å². The van der Waals surface area contributed by atoms with Crippen LogP contribution >= 0.6 is 34.5 Å². The smallest absolute Gasteiger partial charge is 0.0943 e. The highest BCUT2D eigenvalue weighted by Gasteiger charge is 2.14. The lowest BCUT2D eigenvalue weighted by Gasteiger charge is -2.16. The van der Waals surface area contributed by atoms with Gasteiger partial charge in [-0.1, -0.05) is 29.3 Å². The molecule has 0 fully saturated rings. The van der Waals surface area contributed by atoms with Crippen LogP contribution in [-0.2, 0) is 12.8 Å². The molecule has 1 aromatic carbocycles. The summed E-state index contributed by atoms with van der Waals surface area (Å²) in [5.41, 5.74) is 2.07. The van der Waals surface area contributed by atoms with Gasteiger partial charge in [0.1, 0.15) is 0 Å². The van der Waals surface area contributed by atoms with Crippen molar-refractivity contribution < 1.29 is 0 Å². The zero-order valence-electron chi connectivity index (χ0n) is 10.9. The van der Waals surface area contributed by atoms with E-state index < -0.39 is 0 Å². The van der Waals surface area contributed by atoms with Gasteiger partial charge in [-0.3, -0.25) is 0 Å². The van der Waals surface area contributed by atoms with Crippen molar-refractivity contribution in [2.45, 2.75) is 25.8 Å². The number of halogens is 2. The Morgan fingerprint density at radius 2 is 1.95 bits per heavy atom. The van der Waals surface area contributed by atoms with E-state index >= 15 is 0 Å². The monoisotopic (exact) mass is 314 g/mol. The Labute approximate surface area is 127 Å². The highest BCUT2D eigenvalue weighted by atomic mass is 35.5. The van der Waals surface area contributed by atoms with Crippen molar-refractivity contribution in [2.24, 2.45) is 0 Å². The van der Waals surface area contributed by atoms with Crippen molar-refractivity contribution >= 4 is 34.5 Å². The normalized spacial score (nSPS) is 12.6. The van der Waals surface area contributed by atoms with E-state index in [-0.39, 0.29) is 6.04 Å². The summed E-state index contributed by atoms with van der Waals surface area (Å²) < 4.78 is 0. The maximum Gasteiger partial charge on any atom is 0.0943 e. The van der Waals surface area contributed by atoms with Crippen LogP contribution in [0.25, 0.3) is 0 Å². The van der Waals surface area contributed by atoms with E-state index in [0.29, 0.717) is 0 Å². The first-order valence-corrected chi connectivity index (χ1v) is 7.75. The molecule has 102 valence electrons. The zero-order chi connectivity index (χ0) is 13.8. The van der Waals surface area contributed by atoms with Crippen molar-refractivity contribution in [3.63, 3.8) is 0 Å². The molecular weight excluding hydrogens is 299 g/mol. The van der Waals surface area contributed by atoms with Crippen molar-refractivity contribution in [1.82, 2.24) is 10.3 Å². The van der Waals surface area contributed by atoms with Crippen LogP contribution in [0.3, 0.4) is 0 Å². The lowest BCUT2D eigenvalue weighted by Crippen LogP contribution is -2.30. The molecule has 0 aliphatic carbocycles. The van der Waals surface area contributed by atoms with Gasteiger partial charge < -0.3 is 5.32 Å². The molecule has 0 aliphatic heterocycles. The molecular formula is C14H16Cl2N2S. The van der Waals surface area contributed by atoms with Crippen LogP contribution in [0.5, 0.6) is 0 Å². The van der Waals surface area contributed by atoms with Crippen LogP contribution < -0.4 is 5.32 Å². The molecule has 1 aromatic heterocycles. The number of nitrogens with zero attached hydrogens (tertiary/aromatic N) is 1. The third-order valence-electron chi connectivity index (χ3n) is 3.01. The fourth-order valence-corrected chi connectivity index (χ4v) is 3.36. The molecule has 0 saturated heterocycles. The van der Waals surface area contributed by atoms with Gasteiger partial charge in [0.05, 0.1) is 5.01 Å². The molecule has 0 radical (unpaired) electrons. The maximum atomic E-state index is 6.21. The summed E-state index contributed by atoms with van der Waals surface area (Å²) >= 11 is 14.1. The minimum atomic E-state index is 0.281. The Bertz CT molecular complexity index is 534. The maximum absolute atomic E-state index is 6.21. The van der Waals surface area contributed by atoms with Crippen LogP contribution in [0, 0.1) is 6.92 Å². The molecule has 0 spiro atoms. The van der Waals surface area contributed by atoms with Crippen molar-refractivity contribution in [2.75, 3.05) is 7.05 Å². The first-order chi connectivity index (χ1) is 9.10. The summed E-state index contributed by atoms with van der Waals surface area (Å²) in [7, 11) is 1.95. The van der Waals surface area contributed by atoms with Gasteiger partial charge in [0.2, 0.25) is 0 Å². The summed E-state index contributed by atoms with van der Waals surface area (Å²) in [4.78, 5) is 4.50. The number of nitrogens with one attached hydrogen (secondary N) is 1. The molecule has 5 heteroatoms. The first kappa shape index (κ1) is 14.8. The zero-order valence-corrected chi connectivity index (χ0v) is 13.2. The fourth-order valence-electron chi connectivity index (χ4n) is 1.96. The first-order valence-electron chi connectivity index (χ1n) is 6.11. The van der Waals surface area contributed by atoms with Crippen LogP contribution in [-0.4, -0.2) is 18.1 Å². The third-order valence-corrected chi connectivity index (χ3v) is 4.71. The quantitative estimate of drug-likeness (QED) is 0.897. The molecule has 0 saturated carbocycles. The number of thiazole rings is 1. The number of benzene rings is 1. The van der Waals surface area contributed by atoms with E-state index in [0.717, 1.165) is 39.2 Å². The molecule has 19 heavy (non-hydrogen) atoms. The van der Waals surface area contributed by atoms with E-state index in [1.165, 1.54) is 0 Å². The summed E-state index contributed by atoms with van der Waals surface area (Å²) in [5, 5.41) is 7.98. The average Bonchev–Trinajstić information content (AvgIpc) is 2.78. The second-order valence-electron chi connectivity index (χ2n) is 4.48. The Morgan fingerprint density at radius 3 is 2.47 bits per heavy atom. The van der Waals surface area contributed by atoms with Crippen molar-refractivity contribution in [3.8, 4) is 0 Å². The molecule has 2 nitrogen and oxygen atoms in total. The number of rotatable bonds is 5. The predicted octanol–water partition coefficient (Wildman–Crippen LogP) is 4.13. The summed E-state index contributed by atoms with van der Waals surface area (Å²) in [6.45, 7) is 2.01. The van der Waals surface area contributed by atoms with Gasteiger partial charge in [0.15, 0.2) is 0 Å². The SMILES string of the molecule is CNC(Cc1nc(C)cs1)Cc1c(Cl)cccc1Cl. The standard InChI is InChI=1S/C14H16Cl2N2S/c1-9-8-19-14(18-9)7-10(17-2)6-11-12(15)4-3-5-13(11)16/h3-5,8,10,17H,6-7H2,1-2H3. The van der Waals surface area contributed by atoms with Gasteiger partial charge in [-0.05, 0) is 38.1 Å². The van der Waals surface area contributed by atoms with E-state index in [1.807, 2.05) is 32.2 Å². The van der Waals surface area contributed by atoms with Gasteiger partial charge in [-0.15, -0.1) is 11.3 Å². The van der Waals surface area contributed by atoms with Gasteiger partial charge in [0.25, 0.3) is 0 Å². The van der Waals surface area contributed by atoms with Crippen LogP contribution in [0.15, 0.2) is 23.6 Å². The molecule has 1 atom stereocenters. The highest BCUT2D eigenvalue weighted by Crippen LogP contribution is 2.26. The van der Waals surface area contributed by atoms with Crippen molar-refractivity contribution in [1.29, 1.82) is 0 Å². The van der Waals surface area contributed by atoms with Crippen LogP contribution in [0.4, 0.5) is 0 Å². The lowest BCUT2D eigenvalue weighted by molar-refractivity contribution is 0.555. The minimum absolute atomic E-state index is 0.281. The van der Waals surface area contributed by atoms with E-state index in [1.54, 1.807) is 11.3 Å². The number of aryl methyl sites for hydroxylation is 1. The molecule has 1 unspecified atom stereocenters. The van der Waals surface area contributed by atoms with E-state index in [4.69, 9.17) is 23.2 Å². The van der Waals surface area contributed by atoms with Crippen molar-refractivity contribution in [3.05, 3.63) is 49.9 Å². The molecule has 0 bridgehead atoms. The Balaban J connectivity index is 2.11. The van der Waals surface area contributed by atoms with Crippen LogP contribution in [0.2, 0.25) is 10.0 Å². The summed E-state index contributed by atoms with van der Waals surface area (Å²) in [6.07, 6.45) is 1.68. The Morgan fingerprint density at radius 1 is 1.26 bits per heavy atom. The molecule has 2 rings (SSSR count). The average molecular weight is 315 g/mol. The third kappa shape index (κ3) is 3.93. The second kappa shape index (κ2) is 6.71. The fraction of sp³-hybridized carbons (Fsp3) is 0.357. The van der Waals surface area contributed by atoms with Gasteiger partial charge >= 0.3 is 0 Å². The van der Waals surface area contributed by atoms with E-state index in [9.17, 15) is 0 Å². The highest BCUT2D eigenvalue weighted by molar-refractivity contribution is 7.09. The Hall–Kier alpha value is -0.610. The molecule has 1 N–H and O–H groups in total. The molecule has 1 heterocycles. The topological polar surface area (TPSA) is 24.9 Å². The summed E-state index contributed by atoms with van der Waals surface area (Å²) in [6, 6.07) is 5.90. The minimum Gasteiger partial charge on any atom is -0.316 e. The second-order valence-corrected chi connectivity index (χ2v) is 6.23. The number of likely N-dealkylation sites (N-methyl/N-ethyl adjacent to an activating group) is 1. The van der Waals surface area contributed by atoms with Gasteiger partial charge in [-0.2, -0.15) is 0 Å². The number of aromatic nitrogens is 1.